The number of rotatable bonds is 8. The zero-order chi connectivity index (χ0) is 20.9. The molecule has 0 bridgehead atoms. The molecule has 0 aliphatic carbocycles. The van der Waals surface area contributed by atoms with Crippen LogP contribution in [0.15, 0.2) is 58.2 Å². The quantitative estimate of drug-likeness (QED) is 0.340. The van der Waals surface area contributed by atoms with Crippen LogP contribution in [0.1, 0.15) is 19.7 Å². The van der Waals surface area contributed by atoms with Gasteiger partial charge in [0.2, 0.25) is 11.7 Å². The molecule has 0 unspecified atom stereocenters. The number of ether oxygens (including phenoxy) is 1. The predicted octanol–water partition coefficient (Wildman–Crippen LogP) is 5.36. The lowest BCUT2D eigenvalue weighted by Crippen LogP contribution is -1.99. The van der Waals surface area contributed by atoms with Gasteiger partial charge in [0.25, 0.3) is 0 Å². The summed E-state index contributed by atoms with van der Waals surface area (Å²) in [7, 11) is 0. The normalized spacial score (nSPS) is 11.0. The summed E-state index contributed by atoms with van der Waals surface area (Å²) in [6, 6.07) is 15.2. The number of benzene rings is 2. The third-order valence-electron chi connectivity index (χ3n) is 4.35. The fourth-order valence-corrected chi connectivity index (χ4v) is 3.88. The van der Waals surface area contributed by atoms with Crippen LogP contribution in [0.3, 0.4) is 0 Å². The van der Waals surface area contributed by atoms with Gasteiger partial charge in [-0.3, -0.25) is 0 Å². The van der Waals surface area contributed by atoms with Crippen LogP contribution in [0.5, 0.6) is 5.75 Å². The molecule has 30 heavy (non-hydrogen) atoms. The number of aromatic nitrogens is 5. The minimum Gasteiger partial charge on any atom is -0.494 e. The van der Waals surface area contributed by atoms with Crippen molar-refractivity contribution in [3.05, 3.63) is 59.4 Å². The van der Waals surface area contributed by atoms with E-state index in [0.717, 1.165) is 34.4 Å². The second-order valence-electron chi connectivity index (χ2n) is 6.32. The lowest BCUT2D eigenvalue weighted by molar-refractivity contribution is 0.340. The lowest BCUT2D eigenvalue weighted by Gasteiger charge is -2.06. The molecule has 0 fully saturated rings. The van der Waals surface area contributed by atoms with Crippen LogP contribution in [-0.2, 0) is 12.3 Å². The van der Waals surface area contributed by atoms with Crippen molar-refractivity contribution in [3.63, 3.8) is 0 Å². The Kier molecular flexibility index (Phi) is 6.35. The molecule has 2 heterocycles. The van der Waals surface area contributed by atoms with E-state index in [1.165, 1.54) is 11.8 Å². The molecule has 0 saturated carbocycles. The first-order valence-electron chi connectivity index (χ1n) is 9.55. The molecule has 4 aromatic rings. The zero-order valence-corrected chi connectivity index (χ0v) is 18.2. The van der Waals surface area contributed by atoms with Gasteiger partial charge in [-0.2, -0.15) is 4.98 Å². The highest BCUT2D eigenvalue weighted by Gasteiger charge is 2.15. The van der Waals surface area contributed by atoms with Gasteiger partial charge in [0.05, 0.1) is 12.4 Å². The molecule has 2 aromatic heterocycles. The minimum absolute atomic E-state index is 0.503. The highest BCUT2D eigenvalue weighted by atomic mass is 35.5. The Morgan fingerprint density at radius 3 is 2.43 bits per heavy atom. The van der Waals surface area contributed by atoms with Crippen LogP contribution in [-0.4, -0.2) is 31.5 Å². The lowest BCUT2D eigenvalue weighted by atomic mass is 10.2. The number of hydrogen-bond acceptors (Lipinski definition) is 7. The van der Waals surface area contributed by atoms with E-state index in [2.05, 4.69) is 31.8 Å². The molecule has 7 nitrogen and oxygen atoms in total. The second-order valence-corrected chi connectivity index (χ2v) is 7.69. The van der Waals surface area contributed by atoms with E-state index in [-0.39, 0.29) is 0 Å². The second kappa shape index (κ2) is 9.32. The summed E-state index contributed by atoms with van der Waals surface area (Å²) in [6.07, 6.45) is 0. The zero-order valence-electron chi connectivity index (χ0n) is 16.6. The maximum Gasteiger partial charge on any atom is 0.237 e. The molecule has 0 atom stereocenters. The molecule has 0 aliphatic rings. The van der Waals surface area contributed by atoms with Crippen molar-refractivity contribution in [3.8, 4) is 28.5 Å². The number of hydrogen-bond donors (Lipinski definition) is 0. The third-order valence-corrected chi connectivity index (χ3v) is 5.56. The van der Waals surface area contributed by atoms with Crippen molar-refractivity contribution in [1.29, 1.82) is 0 Å². The summed E-state index contributed by atoms with van der Waals surface area (Å²) in [5.41, 5.74) is 1.84. The van der Waals surface area contributed by atoms with Crippen molar-refractivity contribution in [2.24, 2.45) is 0 Å². The van der Waals surface area contributed by atoms with Crippen molar-refractivity contribution < 1.29 is 9.26 Å². The number of nitrogens with zero attached hydrogens (tertiary/aromatic N) is 5. The van der Waals surface area contributed by atoms with Crippen molar-refractivity contribution in [1.82, 2.24) is 24.9 Å². The maximum atomic E-state index is 5.99. The molecule has 0 N–H and O–H groups in total. The van der Waals surface area contributed by atoms with Gasteiger partial charge in [-0.1, -0.05) is 28.5 Å². The molecule has 2 aromatic carbocycles. The molecule has 0 aliphatic heterocycles. The van der Waals surface area contributed by atoms with Crippen LogP contribution >= 0.6 is 23.4 Å². The summed E-state index contributed by atoms with van der Waals surface area (Å²) in [6.45, 7) is 5.39. The van der Waals surface area contributed by atoms with E-state index in [4.69, 9.17) is 20.9 Å². The van der Waals surface area contributed by atoms with Gasteiger partial charge >= 0.3 is 0 Å². The molecule has 4 rings (SSSR count). The average molecular weight is 442 g/mol. The molecule has 0 saturated heterocycles. The predicted molar refractivity (Wildman–Crippen MR) is 117 cm³/mol. The Hall–Kier alpha value is -2.84. The summed E-state index contributed by atoms with van der Waals surface area (Å²) in [4.78, 5) is 4.49. The molecule has 0 amide bonds. The molecule has 0 spiro atoms. The summed E-state index contributed by atoms with van der Waals surface area (Å²) >= 11 is 7.50. The Balaban J connectivity index is 1.46. The summed E-state index contributed by atoms with van der Waals surface area (Å²) in [5.74, 6) is 3.20. The molecular weight excluding hydrogens is 422 g/mol. The van der Waals surface area contributed by atoms with Crippen LogP contribution in [0.4, 0.5) is 0 Å². The van der Waals surface area contributed by atoms with Crippen LogP contribution in [0.2, 0.25) is 5.02 Å². The largest absolute Gasteiger partial charge is 0.494 e. The standard InChI is InChI=1S/C21H20ClN5O2S/c1-3-27-20(15-5-9-16(22)10-6-15)24-25-21(27)30-13-18-23-19(26-29-18)14-7-11-17(12-8-14)28-4-2/h5-12H,3-4,13H2,1-2H3. The van der Waals surface area contributed by atoms with E-state index >= 15 is 0 Å². The highest BCUT2D eigenvalue weighted by molar-refractivity contribution is 7.98. The van der Waals surface area contributed by atoms with Gasteiger partial charge in [0, 0.05) is 22.7 Å². The number of halogens is 1. The average Bonchev–Trinajstić information content (AvgIpc) is 3.40. The van der Waals surface area contributed by atoms with Gasteiger partial charge < -0.3 is 13.8 Å². The monoisotopic (exact) mass is 441 g/mol. The Bertz CT molecular complexity index is 1110. The Morgan fingerprint density at radius 2 is 1.73 bits per heavy atom. The van der Waals surface area contributed by atoms with Crippen LogP contribution < -0.4 is 4.74 Å². The van der Waals surface area contributed by atoms with Crippen LogP contribution in [0.25, 0.3) is 22.8 Å². The first-order valence-corrected chi connectivity index (χ1v) is 10.9. The highest BCUT2D eigenvalue weighted by Crippen LogP contribution is 2.27. The van der Waals surface area contributed by atoms with Gasteiger partial charge in [-0.05, 0) is 62.4 Å². The summed E-state index contributed by atoms with van der Waals surface area (Å²) in [5, 5.41) is 14.2. The van der Waals surface area contributed by atoms with Crippen LogP contribution in [0, 0.1) is 0 Å². The van der Waals surface area contributed by atoms with Crippen molar-refractivity contribution >= 4 is 23.4 Å². The van der Waals surface area contributed by atoms with Crippen molar-refractivity contribution in [2.45, 2.75) is 31.3 Å². The van der Waals surface area contributed by atoms with E-state index in [1.807, 2.05) is 55.5 Å². The molecule has 0 radical (unpaired) electrons. The first kappa shape index (κ1) is 20.4. The fourth-order valence-electron chi connectivity index (χ4n) is 2.92. The smallest absolute Gasteiger partial charge is 0.237 e. The Labute approximate surface area is 183 Å². The first-order chi connectivity index (χ1) is 14.7. The molecule has 9 heteroatoms. The number of thioether (sulfide) groups is 1. The van der Waals surface area contributed by atoms with Gasteiger partial charge in [-0.15, -0.1) is 10.2 Å². The maximum absolute atomic E-state index is 5.99. The fraction of sp³-hybridized carbons (Fsp3) is 0.238. The summed E-state index contributed by atoms with van der Waals surface area (Å²) < 4.78 is 12.9. The van der Waals surface area contributed by atoms with Gasteiger partial charge in [0.15, 0.2) is 11.0 Å². The topological polar surface area (TPSA) is 78.9 Å². The SMILES string of the molecule is CCOc1ccc(-c2noc(CSc3nnc(-c4ccc(Cl)cc4)n3CC)n2)cc1. The minimum atomic E-state index is 0.503. The van der Waals surface area contributed by atoms with E-state index in [0.29, 0.717) is 29.1 Å². The van der Waals surface area contributed by atoms with E-state index in [9.17, 15) is 0 Å². The molecule has 154 valence electrons. The Morgan fingerprint density at radius 1 is 1.00 bits per heavy atom. The molecular formula is C21H20ClN5O2S. The third kappa shape index (κ3) is 4.49. The van der Waals surface area contributed by atoms with E-state index in [1.54, 1.807) is 0 Å². The van der Waals surface area contributed by atoms with Gasteiger partial charge in [0.1, 0.15) is 5.75 Å². The van der Waals surface area contributed by atoms with Crippen molar-refractivity contribution in [2.75, 3.05) is 6.61 Å². The van der Waals surface area contributed by atoms with E-state index < -0.39 is 0 Å². The van der Waals surface area contributed by atoms with Gasteiger partial charge in [-0.25, -0.2) is 0 Å².